The summed E-state index contributed by atoms with van der Waals surface area (Å²) in [6.45, 7) is 0. The average Bonchev–Trinajstić information content (AvgIpc) is 3.92. The van der Waals surface area contributed by atoms with Crippen molar-refractivity contribution in [3.05, 3.63) is 206 Å². The van der Waals surface area contributed by atoms with Crippen LogP contribution >= 0.6 is 0 Å². The second-order valence-electron chi connectivity index (χ2n) is 9.78. The molecule has 0 bridgehead atoms. The zero-order valence-corrected chi connectivity index (χ0v) is 28.0. The van der Waals surface area contributed by atoms with Gasteiger partial charge in [0, 0.05) is 0 Å². The minimum Gasteiger partial charge on any atom is -0.214 e. The molecule has 0 aliphatic rings. The van der Waals surface area contributed by atoms with Gasteiger partial charge in [0.1, 0.15) is 0 Å². The fourth-order valence-electron chi connectivity index (χ4n) is 4.64. The molecule has 0 fully saturated rings. The van der Waals surface area contributed by atoms with Crippen molar-refractivity contribution >= 4 is 0 Å². The van der Waals surface area contributed by atoms with Crippen LogP contribution in [0.2, 0.25) is 0 Å². The molecule has 8 rings (SSSR count). The van der Waals surface area contributed by atoms with Crippen molar-refractivity contribution < 1.29 is 51.2 Å². The molecule has 0 nitrogen and oxygen atoms in total. The van der Waals surface area contributed by atoms with Gasteiger partial charge in [0.2, 0.25) is 0 Å². The van der Waals surface area contributed by atoms with Crippen LogP contribution in [0.5, 0.6) is 0 Å². The molecule has 0 N–H and O–H groups in total. The molecule has 0 aromatic heterocycles. The summed E-state index contributed by atoms with van der Waals surface area (Å²) in [5.41, 5.74) is 10.3. The fourth-order valence-corrected chi connectivity index (χ4v) is 4.64. The van der Waals surface area contributed by atoms with E-state index < -0.39 is 0 Å². The smallest absolute Gasteiger partial charge is 0.214 e. The van der Waals surface area contributed by atoms with Crippen LogP contribution in [-0.4, -0.2) is 0 Å². The van der Waals surface area contributed by atoms with Crippen molar-refractivity contribution in [3.63, 3.8) is 0 Å². The van der Waals surface area contributed by atoms with E-state index in [0.717, 1.165) is 0 Å². The molecule has 0 aliphatic heterocycles. The van der Waals surface area contributed by atoms with E-state index in [1.807, 2.05) is 72.8 Å². The van der Waals surface area contributed by atoms with Crippen molar-refractivity contribution in [2.75, 3.05) is 0 Å². The van der Waals surface area contributed by atoms with E-state index in [4.69, 9.17) is 0 Å². The first kappa shape index (κ1) is 37.3. The minimum absolute atomic E-state index is 0. The third-order valence-corrected chi connectivity index (χ3v) is 6.82. The maximum atomic E-state index is 2.24. The van der Waals surface area contributed by atoms with E-state index in [-0.39, 0.29) is 51.2 Å². The predicted molar refractivity (Wildman–Crippen MR) is 181 cm³/mol. The van der Waals surface area contributed by atoms with Crippen molar-refractivity contribution in [1.29, 1.82) is 0 Å². The first-order valence-corrected chi connectivity index (χ1v) is 14.3. The third kappa shape index (κ3) is 11.8. The maximum absolute atomic E-state index is 2.24. The van der Waals surface area contributed by atoms with Gasteiger partial charge in [-0.2, -0.15) is 144 Å². The van der Waals surface area contributed by atoms with Gasteiger partial charge in [0.05, 0.1) is 0 Å². The quantitative estimate of drug-likeness (QED) is 0.126. The van der Waals surface area contributed by atoms with E-state index >= 15 is 0 Å². The van der Waals surface area contributed by atoms with Crippen LogP contribution in [0, 0.1) is 0 Å². The molecular weight excluding hydrogens is 672 g/mol. The van der Waals surface area contributed by atoms with Crippen LogP contribution in [0.1, 0.15) is 0 Å². The van der Waals surface area contributed by atoms with Crippen LogP contribution in [0.3, 0.4) is 0 Å². The summed E-state index contributed by atoms with van der Waals surface area (Å²) in [6.07, 6.45) is 0. The Morgan fingerprint density at radius 3 is 0.911 bits per heavy atom. The molecule has 0 unspecified atom stereocenters. The van der Waals surface area contributed by atoms with Crippen LogP contribution in [0.15, 0.2) is 206 Å². The Labute approximate surface area is 300 Å². The molecule has 0 spiro atoms. The summed E-state index contributed by atoms with van der Waals surface area (Å²) in [4.78, 5) is 0. The Balaban J connectivity index is 0.000000229. The van der Waals surface area contributed by atoms with Gasteiger partial charge in [-0.15, -0.1) is 11.1 Å². The predicted octanol–water partition coefficient (Wildman–Crippen LogP) is 11.7. The minimum atomic E-state index is 0. The van der Waals surface area contributed by atoms with E-state index in [1.165, 1.54) is 44.5 Å². The van der Waals surface area contributed by atoms with Crippen LogP contribution in [-0.2, 0) is 51.2 Å². The molecule has 0 heterocycles. The normalized spacial score (nSPS) is 9.24. The van der Waals surface area contributed by atoms with Gasteiger partial charge in [0.15, 0.2) is 0 Å². The molecule has 45 heavy (non-hydrogen) atoms. The van der Waals surface area contributed by atoms with Gasteiger partial charge in [-0.3, -0.25) is 0 Å². The SMILES string of the molecule is [Fe+2].[Fe+2].[Fe+2].c1cc[cH-]c1.c1cc[cH-]c1.c1ccc(-c2cc[c-](-[c-]3cccc3)c2)cc1.c1ccc(-c2cc[c-](-[c-]3cccc3)c2)cc1. The molecule has 0 amide bonds. The van der Waals surface area contributed by atoms with E-state index in [2.05, 4.69) is 133 Å². The molecule has 8 aromatic rings. The summed E-state index contributed by atoms with van der Waals surface area (Å²) in [6, 6.07) is 71.0. The number of benzene rings is 2. The Morgan fingerprint density at radius 2 is 0.622 bits per heavy atom. The number of hydrogen-bond donors (Lipinski definition) is 0. The van der Waals surface area contributed by atoms with Gasteiger partial charge < -0.3 is 0 Å². The Hall–Kier alpha value is -3.90. The first-order valence-electron chi connectivity index (χ1n) is 14.3. The van der Waals surface area contributed by atoms with Crippen LogP contribution < -0.4 is 0 Å². The second kappa shape index (κ2) is 20.9. The van der Waals surface area contributed by atoms with Gasteiger partial charge in [-0.25, -0.2) is 24.3 Å². The Kier molecular flexibility index (Phi) is 17.4. The van der Waals surface area contributed by atoms with Crippen molar-refractivity contribution in [3.8, 4) is 44.5 Å². The van der Waals surface area contributed by atoms with E-state index in [9.17, 15) is 0 Å². The monoisotopic (exact) mass is 706 g/mol. The number of rotatable bonds is 4. The second-order valence-corrected chi connectivity index (χ2v) is 9.78. The molecule has 0 saturated heterocycles. The first-order chi connectivity index (χ1) is 20.9. The summed E-state index contributed by atoms with van der Waals surface area (Å²) in [5.74, 6) is 0. The van der Waals surface area contributed by atoms with Crippen molar-refractivity contribution in [2.45, 2.75) is 0 Å². The van der Waals surface area contributed by atoms with Gasteiger partial charge >= 0.3 is 51.2 Å². The maximum Gasteiger partial charge on any atom is 2.00 e. The Morgan fingerprint density at radius 1 is 0.289 bits per heavy atom. The molecule has 3 heteroatoms. The summed E-state index contributed by atoms with van der Waals surface area (Å²) < 4.78 is 0. The fraction of sp³-hybridized carbons (Fsp3) is 0. The standard InChI is InChI=1S/2C16H12.2C5H5.3Fe/c2*1-2-6-13(7-3-1)15-10-11-16(12-15)14-8-4-5-9-14;2*1-2-4-5-3-1;;;/h2*1-12H;2*1-5H;;;/q2*-2;2*-1;3*+2. The van der Waals surface area contributed by atoms with E-state index in [1.54, 1.807) is 0 Å². The van der Waals surface area contributed by atoms with Gasteiger partial charge in [0.25, 0.3) is 0 Å². The third-order valence-electron chi connectivity index (χ3n) is 6.82. The average molecular weight is 706 g/mol. The van der Waals surface area contributed by atoms with E-state index in [0.29, 0.717) is 0 Å². The van der Waals surface area contributed by atoms with Crippen molar-refractivity contribution in [1.82, 2.24) is 0 Å². The summed E-state index contributed by atoms with van der Waals surface area (Å²) in [5, 5.41) is 0. The molecule has 226 valence electrons. The van der Waals surface area contributed by atoms with Crippen LogP contribution in [0.25, 0.3) is 44.5 Å². The van der Waals surface area contributed by atoms with Crippen molar-refractivity contribution in [2.24, 2.45) is 0 Å². The summed E-state index contributed by atoms with van der Waals surface area (Å²) >= 11 is 0. The number of hydrogen-bond acceptors (Lipinski definition) is 0. The molecule has 0 atom stereocenters. The zero-order valence-electron chi connectivity index (χ0n) is 24.7. The molecular formula is C42H34Fe3. The molecule has 0 radical (unpaired) electrons. The molecule has 0 aliphatic carbocycles. The summed E-state index contributed by atoms with van der Waals surface area (Å²) in [7, 11) is 0. The molecule has 0 saturated carbocycles. The van der Waals surface area contributed by atoms with Gasteiger partial charge in [-0.1, -0.05) is 71.8 Å². The van der Waals surface area contributed by atoms with Gasteiger partial charge in [-0.05, 0) is 0 Å². The zero-order chi connectivity index (χ0) is 28.7. The molecule has 8 aromatic carbocycles. The van der Waals surface area contributed by atoms with Crippen LogP contribution in [0.4, 0.5) is 0 Å². The largest absolute Gasteiger partial charge is 2.00 e. The Bertz CT molecular complexity index is 1560. The topological polar surface area (TPSA) is 0 Å².